The molecule has 0 amide bonds. The van der Waals surface area contributed by atoms with Crippen molar-refractivity contribution in [1.82, 2.24) is 9.55 Å². The molecule has 6 heteroatoms. The molecule has 2 heterocycles. The lowest BCUT2D eigenvalue weighted by atomic mass is 10.0. The number of aryl methyl sites for hydroxylation is 1. The van der Waals surface area contributed by atoms with E-state index in [0.29, 0.717) is 22.8 Å². The molecule has 1 aliphatic heterocycles. The summed E-state index contributed by atoms with van der Waals surface area (Å²) in [6, 6.07) is 9.39. The monoisotopic (exact) mass is 364 g/mol. The topological polar surface area (TPSA) is 42.5 Å². The summed E-state index contributed by atoms with van der Waals surface area (Å²) in [6.07, 6.45) is 3.42. The fourth-order valence-electron chi connectivity index (χ4n) is 3.56. The molecule has 1 aliphatic rings. The van der Waals surface area contributed by atoms with E-state index in [2.05, 4.69) is 21.7 Å². The quantitative estimate of drug-likeness (QED) is 0.564. The molecule has 0 N–H and O–H groups in total. The summed E-state index contributed by atoms with van der Waals surface area (Å²) in [7, 11) is 0. The molecular weight excluding hydrogens is 346 g/mol. The summed E-state index contributed by atoms with van der Waals surface area (Å²) >= 11 is 0. The first kappa shape index (κ1) is 17.3. The molecule has 0 saturated heterocycles. The van der Waals surface area contributed by atoms with Gasteiger partial charge in [0.05, 0.1) is 22.6 Å². The van der Waals surface area contributed by atoms with Crippen molar-refractivity contribution in [2.24, 2.45) is 9.98 Å². The van der Waals surface area contributed by atoms with E-state index < -0.39 is 11.6 Å². The summed E-state index contributed by atoms with van der Waals surface area (Å²) in [6.45, 7) is 6.15. The van der Waals surface area contributed by atoms with Crippen molar-refractivity contribution >= 4 is 24.3 Å². The van der Waals surface area contributed by atoms with Crippen LogP contribution in [-0.2, 0) is 13.0 Å². The molecule has 0 fully saturated rings. The molecule has 0 atom stereocenters. The number of aromatic nitrogens is 2. The molecule has 0 unspecified atom stereocenters. The van der Waals surface area contributed by atoms with Gasteiger partial charge in [-0.25, -0.2) is 13.8 Å². The Labute approximate surface area is 155 Å². The van der Waals surface area contributed by atoms with E-state index in [9.17, 15) is 8.78 Å². The number of hydrogen-bond acceptors (Lipinski definition) is 3. The number of benzene rings is 2. The molecule has 0 spiro atoms. The molecule has 4 rings (SSSR count). The second-order valence-electron chi connectivity index (χ2n) is 6.33. The van der Waals surface area contributed by atoms with Gasteiger partial charge in [-0.15, -0.1) is 0 Å². The molecule has 4 nitrogen and oxygen atoms in total. The number of aliphatic imine (C=N–C) groups is 2. The third-order valence-electron chi connectivity index (χ3n) is 4.72. The van der Waals surface area contributed by atoms with E-state index in [1.807, 2.05) is 23.6 Å². The largest absolute Gasteiger partial charge is 0.327 e. The number of imidazole rings is 1. The minimum absolute atomic E-state index is 0.0964. The van der Waals surface area contributed by atoms with Crippen LogP contribution in [0.2, 0.25) is 0 Å². The fraction of sp³-hybridized carbons (Fsp3) is 0.190. The Morgan fingerprint density at radius 3 is 2.63 bits per heavy atom. The van der Waals surface area contributed by atoms with Crippen molar-refractivity contribution in [2.75, 3.05) is 0 Å². The predicted octanol–water partition coefficient (Wildman–Crippen LogP) is 5.50. The predicted molar refractivity (Wildman–Crippen MR) is 104 cm³/mol. The first-order valence-corrected chi connectivity index (χ1v) is 8.77. The van der Waals surface area contributed by atoms with Gasteiger partial charge >= 0.3 is 0 Å². The molecule has 1 aromatic heterocycles. The Morgan fingerprint density at radius 2 is 1.93 bits per heavy atom. The van der Waals surface area contributed by atoms with Gasteiger partial charge < -0.3 is 4.57 Å². The van der Waals surface area contributed by atoms with Gasteiger partial charge in [-0.3, -0.25) is 9.98 Å². The maximum Gasteiger partial charge on any atom is 0.135 e. The zero-order valence-corrected chi connectivity index (χ0v) is 14.9. The maximum absolute atomic E-state index is 14.5. The molecule has 0 saturated carbocycles. The number of halogens is 2. The number of nitrogens with zero attached hydrogens (tertiary/aromatic N) is 4. The normalized spacial score (nSPS) is 13.3. The Hall–Kier alpha value is -3.15. The maximum atomic E-state index is 14.5. The van der Waals surface area contributed by atoms with Crippen LogP contribution in [0.25, 0.3) is 22.5 Å². The van der Waals surface area contributed by atoms with Crippen LogP contribution in [-0.4, -0.2) is 22.5 Å². The first-order chi connectivity index (χ1) is 13.1. The second kappa shape index (κ2) is 6.87. The van der Waals surface area contributed by atoms with E-state index >= 15 is 0 Å². The minimum atomic E-state index is -0.621. The third-order valence-corrected chi connectivity index (χ3v) is 4.72. The van der Waals surface area contributed by atoms with Crippen LogP contribution < -0.4 is 0 Å². The Bertz CT molecular complexity index is 1050. The number of fused-ring (bicyclic) bond motifs is 1. The van der Waals surface area contributed by atoms with Crippen LogP contribution in [0.4, 0.5) is 20.2 Å². The lowest BCUT2D eigenvalue weighted by Gasteiger charge is -2.11. The molecule has 2 aromatic carbocycles. The summed E-state index contributed by atoms with van der Waals surface area (Å²) in [5, 5.41) is 0. The van der Waals surface area contributed by atoms with Crippen molar-refractivity contribution in [3.05, 3.63) is 53.9 Å². The number of rotatable bonds is 4. The summed E-state index contributed by atoms with van der Waals surface area (Å²) in [5.41, 5.74) is 3.03. The van der Waals surface area contributed by atoms with Gasteiger partial charge in [0.25, 0.3) is 0 Å². The number of hydrogen-bond donors (Lipinski definition) is 0. The van der Waals surface area contributed by atoms with Crippen LogP contribution in [0.3, 0.4) is 0 Å². The van der Waals surface area contributed by atoms with Crippen LogP contribution >= 0.6 is 0 Å². The average molecular weight is 364 g/mol. The molecule has 27 heavy (non-hydrogen) atoms. The van der Waals surface area contributed by atoms with Gasteiger partial charge in [-0.2, -0.15) is 0 Å². The van der Waals surface area contributed by atoms with Crippen molar-refractivity contribution in [1.29, 1.82) is 0 Å². The molecule has 136 valence electrons. The van der Waals surface area contributed by atoms with Gasteiger partial charge in [-0.1, -0.05) is 12.1 Å². The highest BCUT2D eigenvalue weighted by Crippen LogP contribution is 2.40. The molecule has 0 radical (unpaired) electrons. The van der Waals surface area contributed by atoms with Gasteiger partial charge in [0.1, 0.15) is 23.2 Å². The Kier molecular flexibility index (Phi) is 4.39. The molecular formula is C21H18F2N4. The van der Waals surface area contributed by atoms with Crippen molar-refractivity contribution in [3.8, 4) is 22.5 Å². The van der Waals surface area contributed by atoms with E-state index in [0.717, 1.165) is 30.8 Å². The van der Waals surface area contributed by atoms with E-state index in [1.165, 1.54) is 18.2 Å². The van der Waals surface area contributed by atoms with Crippen LogP contribution in [0.15, 0.2) is 46.4 Å². The Balaban J connectivity index is 1.99. The highest BCUT2D eigenvalue weighted by Gasteiger charge is 2.26. The second-order valence-corrected chi connectivity index (χ2v) is 6.33. The highest BCUT2D eigenvalue weighted by molar-refractivity contribution is 5.84. The lowest BCUT2D eigenvalue weighted by Crippen LogP contribution is -1.98. The van der Waals surface area contributed by atoms with Gasteiger partial charge in [0, 0.05) is 24.7 Å². The zero-order valence-electron chi connectivity index (χ0n) is 14.9. The summed E-state index contributed by atoms with van der Waals surface area (Å²) in [5.74, 6) is -0.400. The van der Waals surface area contributed by atoms with Crippen molar-refractivity contribution in [3.63, 3.8) is 0 Å². The zero-order chi connectivity index (χ0) is 19.0. The summed E-state index contributed by atoms with van der Waals surface area (Å²) < 4.78 is 31.0. The van der Waals surface area contributed by atoms with Crippen molar-refractivity contribution in [2.45, 2.75) is 26.3 Å². The van der Waals surface area contributed by atoms with E-state index in [1.54, 1.807) is 12.3 Å². The SMILES string of the molecule is C=Nc1ccc(-c2c(-c3c(F)cccc3F)nc3n2CCC3)cc1N=CC. The van der Waals surface area contributed by atoms with Crippen LogP contribution in [0.1, 0.15) is 19.2 Å². The Morgan fingerprint density at radius 1 is 1.15 bits per heavy atom. The first-order valence-electron chi connectivity index (χ1n) is 8.77. The molecule has 0 aliphatic carbocycles. The average Bonchev–Trinajstić information content (AvgIpc) is 3.23. The molecule has 3 aromatic rings. The third kappa shape index (κ3) is 2.87. The van der Waals surface area contributed by atoms with Gasteiger partial charge in [0.15, 0.2) is 0 Å². The standard InChI is InChI=1S/C21H18F2N4/c1-3-25-17-12-13(9-10-16(17)24-2)21-20(26-18-8-5-11-27(18)21)19-14(22)6-4-7-15(19)23/h3-4,6-7,9-10,12H,2,5,8,11H2,1H3. The van der Waals surface area contributed by atoms with E-state index in [-0.39, 0.29) is 5.56 Å². The molecule has 0 bridgehead atoms. The highest BCUT2D eigenvalue weighted by atomic mass is 19.1. The van der Waals surface area contributed by atoms with Crippen LogP contribution in [0.5, 0.6) is 0 Å². The smallest absolute Gasteiger partial charge is 0.135 e. The van der Waals surface area contributed by atoms with Crippen molar-refractivity contribution < 1.29 is 8.78 Å². The fourth-order valence-corrected chi connectivity index (χ4v) is 3.56. The lowest BCUT2D eigenvalue weighted by molar-refractivity contribution is 0.588. The van der Waals surface area contributed by atoms with E-state index in [4.69, 9.17) is 0 Å². The summed E-state index contributed by atoms with van der Waals surface area (Å²) in [4.78, 5) is 12.9. The minimum Gasteiger partial charge on any atom is -0.327 e. The van der Waals surface area contributed by atoms with Crippen LogP contribution in [0, 0.1) is 11.6 Å². The van der Waals surface area contributed by atoms with Gasteiger partial charge in [-0.05, 0) is 44.3 Å². The van der Waals surface area contributed by atoms with Gasteiger partial charge in [0.2, 0.25) is 0 Å².